The van der Waals surface area contributed by atoms with Gasteiger partial charge in [-0.25, -0.2) is 0 Å². The zero-order valence-electron chi connectivity index (χ0n) is 26.2. The average molecular weight is 602 g/mol. The van der Waals surface area contributed by atoms with Gasteiger partial charge in [-0.15, -0.1) is 0 Å². The third-order valence-electron chi connectivity index (χ3n) is 6.75. The Morgan fingerprint density at radius 1 is 0.476 bits per heavy atom. The SMILES string of the molecule is COCCNC(=O)COCCOCCNC(=O)CCCNC(=O)CCCCCCCCCCCCCCCCC(=O)O. The summed E-state index contributed by atoms with van der Waals surface area (Å²) in [5, 5.41) is 17.0. The molecule has 0 spiro atoms. The molecule has 0 atom stereocenters. The maximum atomic E-state index is 12.0. The molecule has 0 aromatic rings. The van der Waals surface area contributed by atoms with Crippen molar-refractivity contribution in [3.8, 4) is 0 Å². The van der Waals surface area contributed by atoms with Crippen LogP contribution >= 0.6 is 0 Å². The van der Waals surface area contributed by atoms with Gasteiger partial charge in [0.25, 0.3) is 0 Å². The molecule has 0 bridgehead atoms. The lowest BCUT2D eigenvalue weighted by molar-refractivity contribution is -0.137. The number of methoxy groups -OCH3 is 1. The number of hydrogen-bond acceptors (Lipinski definition) is 7. The molecule has 0 aromatic heterocycles. The molecule has 4 N–H and O–H groups in total. The summed E-state index contributed by atoms with van der Waals surface area (Å²) in [5.41, 5.74) is 0. The van der Waals surface area contributed by atoms with E-state index in [9.17, 15) is 19.2 Å². The Hall–Kier alpha value is -2.24. The van der Waals surface area contributed by atoms with Crippen LogP contribution < -0.4 is 16.0 Å². The van der Waals surface area contributed by atoms with Crippen molar-refractivity contribution >= 4 is 23.7 Å². The number of carboxylic acids is 1. The van der Waals surface area contributed by atoms with E-state index in [4.69, 9.17) is 19.3 Å². The summed E-state index contributed by atoms with van der Waals surface area (Å²) in [4.78, 5) is 45.7. The molecule has 0 fully saturated rings. The van der Waals surface area contributed by atoms with Crippen molar-refractivity contribution in [2.45, 2.75) is 116 Å². The van der Waals surface area contributed by atoms with Crippen molar-refractivity contribution in [1.82, 2.24) is 16.0 Å². The molecule has 0 aliphatic carbocycles. The quantitative estimate of drug-likeness (QED) is 0.0841. The highest BCUT2D eigenvalue weighted by molar-refractivity contribution is 5.77. The highest BCUT2D eigenvalue weighted by atomic mass is 16.5. The van der Waals surface area contributed by atoms with Gasteiger partial charge in [0.15, 0.2) is 0 Å². The highest BCUT2D eigenvalue weighted by Gasteiger charge is 2.04. The summed E-state index contributed by atoms with van der Waals surface area (Å²) < 4.78 is 15.4. The van der Waals surface area contributed by atoms with Crippen molar-refractivity contribution in [3.05, 3.63) is 0 Å². The average Bonchev–Trinajstić information content (AvgIpc) is 2.96. The van der Waals surface area contributed by atoms with Gasteiger partial charge in [-0.05, 0) is 19.3 Å². The molecule has 0 unspecified atom stereocenters. The largest absolute Gasteiger partial charge is 0.481 e. The van der Waals surface area contributed by atoms with E-state index in [2.05, 4.69) is 16.0 Å². The summed E-state index contributed by atoms with van der Waals surface area (Å²) in [5.74, 6) is -0.899. The summed E-state index contributed by atoms with van der Waals surface area (Å²) in [6.07, 6.45) is 18.1. The fourth-order valence-corrected chi connectivity index (χ4v) is 4.33. The van der Waals surface area contributed by atoms with Crippen molar-refractivity contribution in [1.29, 1.82) is 0 Å². The lowest BCUT2D eigenvalue weighted by atomic mass is 10.0. The molecule has 0 heterocycles. The third-order valence-corrected chi connectivity index (χ3v) is 6.75. The van der Waals surface area contributed by atoms with Crippen molar-refractivity contribution in [2.24, 2.45) is 0 Å². The Morgan fingerprint density at radius 3 is 1.45 bits per heavy atom. The van der Waals surface area contributed by atoms with Crippen LogP contribution in [0.5, 0.6) is 0 Å². The van der Waals surface area contributed by atoms with Crippen LogP contribution in [-0.2, 0) is 33.4 Å². The maximum absolute atomic E-state index is 12.0. The molecule has 0 aromatic carbocycles. The Morgan fingerprint density at radius 2 is 0.905 bits per heavy atom. The van der Waals surface area contributed by atoms with E-state index in [0.29, 0.717) is 71.7 Å². The lowest BCUT2D eigenvalue weighted by Gasteiger charge is -2.08. The number of carbonyl (C=O) groups is 4. The van der Waals surface area contributed by atoms with Gasteiger partial charge in [0.1, 0.15) is 6.61 Å². The van der Waals surface area contributed by atoms with E-state index < -0.39 is 5.97 Å². The molecule has 0 aliphatic rings. The van der Waals surface area contributed by atoms with E-state index in [1.165, 1.54) is 57.8 Å². The molecule has 0 saturated heterocycles. The van der Waals surface area contributed by atoms with Crippen LogP contribution in [0.3, 0.4) is 0 Å². The number of hydrogen-bond donors (Lipinski definition) is 4. The number of amides is 3. The first kappa shape index (κ1) is 39.8. The van der Waals surface area contributed by atoms with Crippen LogP contribution in [-0.4, -0.2) is 88.6 Å². The molecule has 11 heteroatoms. The van der Waals surface area contributed by atoms with Crippen LogP contribution in [0, 0.1) is 0 Å². The van der Waals surface area contributed by atoms with Crippen molar-refractivity contribution < 1.29 is 38.5 Å². The topological polar surface area (TPSA) is 152 Å². The minimum Gasteiger partial charge on any atom is -0.481 e. The zero-order valence-corrected chi connectivity index (χ0v) is 26.2. The Labute approximate surface area is 253 Å². The molecule has 0 saturated carbocycles. The molecular weight excluding hydrogens is 542 g/mol. The minimum atomic E-state index is -0.689. The van der Waals surface area contributed by atoms with Crippen LogP contribution in [0.4, 0.5) is 0 Å². The zero-order chi connectivity index (χ0) is 30.9. The van der Waals surface area contributed by atoms with Crippen LogP contribution in [0.25, 0.3) is 0 Å². The summed E-state index contributed by atoms with van der Waals surface area (Å²) >= 11 is 0. The molecule has 42 heavy (non-hydrogen) atoms. The molecule has 0 radical (unpaired) electrons. The van der Waals surface area contributed by atoms with E-state index in [0.717, 1.165) is 32.1 Å². The van der Waals surface area contributed by atoms with Gasteiger partial charge in [-0.1, -0.05) is 77.0 Å². The molecule has 246 valence electrons. The van der Waals surface area contributed by atoms with Gasteiger partial charge in [0.05, 0.1) is 26.4 Å². The molecule has 0 rings (SSSR count). The van der Waals surface area contributed by atoms with Gasteiger partial charge >= 0.3 is 5.97 Å². The molecule has 0 aliphatic heterocycles. The minimum absolute atomic E-state index is 0.0235. The first-order chi connectivity index (χ1) is 20.5. The highest BCUT2D eigenvalue weighted by Crippen LogP contribution is 2.13. The monoisotopic (exact) mass is 601 g/mol. The third kappa shape index (κ3) is 32.3. The van der Waals surface area contributed by atoms with E-state index in [1.54, 1.807) is 7.11 Å². The smallest absolute Gasteiger partial charge is 0.303 e. The van der Waals surface area contributed by atoms with Gasteiger partial charge in [0.2, 0.25) is 17.7 Å². The second kappa shape index (κ2) is 31.7. The van der Waals surface area contributed by atoms with Crippen LogP contribution in [0.2, 0.25) is 0 Å². The number of unbranched alkanes of at least 4 members (excludes halogenated alkanes) is 13. The fraction of sp³-hybridized carbons (Fsp3) is 0.871. The molecular formula is C31H59N3O8. The Balaban J connectivity index is 3.32. The summed E-state index contributed by atoms with van der Waals surface area (Å²) in [7, 11) is 1.57. The van der Waals surface area contributed by atoms with E-state index >= 15 is 0 Å². The van der Waals surface area contributed by atoms with Crippen molar-refractivity contribution in [3.63, 3.8) is 0 Å². The predicted octanol–water partition coefficient (Wildman–Crippen LogP) is 4.12. The van der Waals surface area contributed by atoms with Crippen molar-refractivity contribution in [2.75, 3.05) is 59.8 Å². The maximum Gasteiger partial charge on any atom is 0.303 e. The second-order valence-corrected chi connectivity index (χ2v) is 10.7. The summed E-state index contributed by atoms with van der Waals surface area (Å²) in [6, 6.07) is 0. The number of carboxylic acid groups (broad SMARTS) is 1. The van der Waals surface area contributed by atoms with Crippen LogP contribution in [0.1, 0.15) is 116 Å². The number of aliphatic carboxylic acids is 1. The number of nitrogens with one attached hydrogen (secondary N) is 3. The molecule has 11 nitrogen and oxygen atoms in total. The Bertz CT molecular complexity index is 679. The first-order valence-corrected chi connectivity index (χ1v) is 16.1. The standard InChI is InChI=1S/C31H59N3O8/c1-40-23-21-34-30(37)27-42-26-25-41-24-22-33-29(36)18-16-20-32-28(35)17-14-12-10-8-6-4-2-3-5-7-9-11-13-15-19-31(38)39/h2-27H2,1H3,(H,32,35)(H,33,36)(H,34,37)(H,38,39). The Kier molecular flexibility index (Phi) is 30.0. The van der Waals surface area contributed by atoms with Gasteiger partial charge in [-0.2, -0.15) is 0 Å². The number of carbonyl (C=O) groups excluding carboxylic acids is 3. The van der Waals surface area contributed by atoms with E-state index in [-0.39, 0.29) is 24.3 Å². The fourth-order valence-electron chi connectivity index (χ4n) is 4.33. The van der Waals surface area contributed by atoms with Gasteiger partial charge in [-0.3, -0.25) is 19.2 Å². The van der Waals surface area contributed by atoms with Gasteiger partial charge in [0, 0.05) is 46.0 Å². The van der Waals surface area contributed by atoms with Gasteiger partial charge < -0.3 is 35.3 Å². The summed E-state index contributed by atoms with van der Waals surface area (Å²) in [6.45, 7) is 2.80. The lowest BCUT2D eigenvalue weighted by Crippen LogP contribution is -2.31. The molecule has 3 amide bonds. The predicted molar refractivity (Wildman–Crippen MR) is 163 cm³/mol. The second-order valence-electron chi connectivity index (χ2n) is 10.7. The van der Waals surface area contributed by atoms with Crippen LogP contribution in [0.15, 0.2) is 0 Å². The number of ether oxygens (including phenoxy) is 3. The number of rotatable bonds is 32. The first-order valence-electron chi connectivity index (χ1n) is 16.1. The van der Waals surface area contributed by atoms with E-state index in [1.807, 2.05) is 0 Å². The normalized spacial score (nSPS) is 10.9.